The minimum atomic E-state index is -0.832. The summed E-state index contributed by atoms with van der Waals surface area (Å²) in [7, 11) is 0. The maximum absolute atomic E-state index is 10.6. The van der Waals surface area contributed by atoms with Crippen molar-refractivity contribution in [3.05, 3.63) is 59.7 Å². The first-order valence-electron chi connectivity index (χ1n) is 7.90. The smallest absolute Gasteiger partial charge is 0.303 e. The van der Waals surface area contributed by atoms with Gasteiger partial charge >= 0.3 is 11.9 Å². The minimum absolute atomic E-state index is 0.0247. The van der Waals surface area contributed by atoms with E-state index in [1.165, 1.54) is 0 Å². The van der Waals surface area contributed by atoms with Gasteiger partial charge in [-0.15, -0.1) is 0 Å². The lowest BCUT2D eigenvalue weighted by atomic mass is 10.1. The van der Waals surface area contributed by atoms with Gasteiger partial charge in [0.2, 0.25) is 6.79 Å². The second kappa shape index (κ2) is 9.32. The molecule has 0 unspecified atom stereocenters. The van der Waals surface area contributed by atoms with Gasteiger partial charge < -0.3 is 19.7 Å². The molecule has 2 aromatic rings. The molecule has 25 heavy (non-hydrogen) atoms. The Labute approximate surface area is 145 Å². The average molecular weight is 344 g/mol. The maximum atomic E-state index is 10.6. The zero-order chi connectivity index (χ0) is 18.1. The highest BCUT2D eigenvalue weighted by Crippen LogP contribution is 2.17. The Bertz CT molecular complexity index is 708. The van der Waals surface area contributed by atoms with E-state index in [2.05, 4.69) is 0 Å². The Kier molecular flexibility index (Phi) is 6.83. The number of aliphatic carboxylic acids is 2. The second-order valence-electron chi connectivity index (χ2n) is 5.49. The van der Waals surface area contributed by atoms with Crippen molar-refractivity contribution in [2.75, 3.05) is 6.79 Å². The fourth-order valence-electron chi connectivity index (χ4n) is 2.21. The predicted octanol–water partition coefficient (Wildman–Crippen LogP) is 3.14. The number of carboxylic acids is 2. The molecule has 0 aliphatic rings. The van der Waals surface area contributed by atoms with Gasteiger partial charge in [0.1, 0.15) is 11.5 Å². The SMILES string of the molecule is O=C(O)CCc1ccc(OCOc2cccc(CCC(=O)O)c2)cc1. The lowest BCUT2D eigenvalue weighted by Crippen LogP contribution is -2.06. The van der Waals surface area contributed by atoms with E-state index in [0.29, 0.717) is 24.3 Å². The molecule has 0 heterocycles. The normalized spacial score (nSPS) is 10.2. The van der Waals surface area contributed by atoms with Crippen LogP contribution in [0.5, 0.6) is 11.5 Å². The highest BCUT2D eigenvalue weighted by molar-refractivity contribution is 5.67. The maximum Gasteiger partial charge on any atom is 0.303 e. The van der Waals surface area contributed by atoms with Crippen LogP contribution in [0.2, 0.25) is 0 Å². The third-order valence-electron chi connectivity index (χ3n) is 3.53. The third kappa shape index (κ3) is 6.95. The molecule has 0 aromatic heterocycles. The van der Waals surface area contributed by atoms with E-state index in [1.54, 1.807) is 24.3 Å². The van der Waals surface area contributed by atoms with Crippen molar-refractivity contribution in [1.29, 1.82) is 0 Å². The monoisotopic (exact) mass is 344 g/mol. The van der Waals surface area contributed by atoms with Crippen LogP contribution in [0.4, 0.5) is 0 Å². The molecular weight excluding hydrogens is 324 g/mol. The zero-order valence-corrected chi connectivity index (χ0v) is 13.7. The van der Waals surface area contributed by atoms with Gasteiger partial charge in [-0.3, -0.25) is 9.59 Å². The molecule has 0 saturated heterocycles. The van der Waals surface area contributed by atoms with Gasteiger partial charge in [-0.05, 0) is 48.2 Å². The fraction of sp³-hybridized carbons (Fsp3) is 0.263. The summed E-state index contributed by atoms with van der Waals surface area (Å²) in [5.74, 6) is -0.414. The van der Waals surface area contributed by atoms with Gasteiger partial charge in [0, 0.05) is 12.8 Å². The molecule has 132 valence electrons. The van der Waals surface area contributed by atoms with Crippen LogP contribution in [-0.4, -0.2) is 28.9 Å². The lowest BCUT2D eigenvalue weighted by molar-refractivity contribution is -0.138. The number of benzene rings is 2. The van der Waals surface area contributed by atoms with E-state index in [4.69, 9.17) is 19.7 Å². The molecule has 0 aliphatic heterocycles. The molecule has 0 spiro atoms. The summed E-state index contributed by atoms with van der Waals surface area (Å²) >= 11 is 0. The summed E-state index contributed by atoms with van der Waals surface area (Å²) < 4.78 is 11.0. The number of rotatable bonds is 10. The Balaban J connectivity index is 1.79. The summed E-state index contributed by atoms with van der Waals surface area (Å²) in [5.41, 5.74) is 1.82. The van der Waals surface area contributed by atoms with Gasteiger partial charge in [-0.2, -0.15) is 0 Å². The van der Waals surface area contributed by atoms with E-state index in [-0.39, 0.29) is 19.6 Å². The van der Waals surface area contributed by atoms with Crippen LogP contribution >= 0.6 is 0 Å². The van der Waals surface area contributed by atoms with E-state index in [9.17, 15) is 9.59 Å². The molecule has 0 atom stereocenters. The molecule has 0 bridgehead atoms. The summed E-state index contributed by atoms with van der Waals surface area (Å²) in [6.45, 7) is 0.0247. The lowest BCUT2D eigenvalue weighted by Gasteiger charge is -2.10. The number of carboxylic acid groups (broad SMARTS) is 2. The summed E-state index contributed by atoms with van der Waals surface area (Å²) in [4.78, 5) is 21.1. The molecule has 6 heteroatoms. The highest BCUT2D eigenvalue weighted by Gasteiger charge is 2.02. The molecular formula is C19H20O6. The summed E-state index contributed by atoms with van der Waals surface area (Å²) in [6.07, 6.45) is 1.11. The molecule has 6 nitrogen and oxygen atoms in total. The molecule has 2 rings (SSSR count). The van der Waals surface area contributed by atoms with Crippen molar-refractivity contribution in [3.63, 3.8) is 0 Å². The van der Waals surface area contributed by atoms with Crippen LogP contribution < -0.4 is 9.47 Å². The standard InChI is InChI=1S/C19H20O6/c20-18(21)10-6-14-4-8-16(9-5-14)24-13-25-17-3-1-2-15(12-17)7-11-19(22)23/h1-5,8-9,12H,6-7,10-11,13H2,(H,20,21)(H,22,23). The number of aryl methyl sites for hydroxylation is 2. The Morgan fingerprint density at radius 3 is 2.00 bits per heavy atom. The van der Waals surface area contributed by atoms with E-state index >= 15 is 0 Å². The zero-order valence-electron chi connectivity index (χ0n) is 13.7. The Morgan fingerprint density at radius 1 is 0.760 bits per heavy atom. The highest BCUT2D eigenvalue weighted by atomic mass is 16.7. The van der Waals surface area contributed by atoms with Crippen molar-refractivity contribution in [3.8, 4) is 11.5 Å². The van der Waals surface area contributed by atoms with Crippen LogP contribution in [0.3, 0.4) is 0 Å². The topological polar surface area (TPSA) is 93.1 Å². The van der Waals surface area contributed by atoms with Crippen LogP contribution in [-0.2, 0) is 22.4 Å². The van der Waals surface area contributed by atoms with Crippen molar-refractivity contribution in [2.45, 2.75) is 25.7 Å². The second-order valence-corrected chi connectivity index (χ2v) is 5.49. The largest absolute Gasteiger partial charge is 0.481 e. The van der Waals surface area contributed by atoms with Crippen molar-refractivity contribution in [1.82, 2.24) is 0 Å². The minimum Gasteiger partial charge on any atom is -0.481 e. The number of carbonyl (C=O) groups is 2. The van der Waals surface area contributed by atoms with E-state index in [0.717, 1.165) is 11.1 Å². The number of hydrogen-bond donors (Lipinski definition) is 2. The van der Waals surface area contributed by atoms with Gasteiger partial charge in [0.15, 0.2) is 0 Å². The number of hydrogen-bond acceptors (Lipinski definition) is 4. The molecule has 2 aromatic carbocycles. The quantitative estimate of drug-likeness (QED) is 0.643. The molecule has 0 amide bonds. The molecule has 2 N–H and O–H groups in total. The Morgan fingerprint density at radius 2 is 1.36 bits per heavy atom. The fourth-order valence-corrected chi connectivity index (χ4v) is 2.21. The molecule has 0 radical (unpaired) electrons. The third-order valence-corrected chi connectivity index (χ3v) is 3.53. The average Bonchev–Trinajstić information content (AvgIpc) is 2.59. The first-order valence-corrected chi connectivity index (χ1v) is 7.90. The molecule has 0 aliphatic carbocycles. The molecule has 0 saturated carbocycles. The predicted molar refractivity (Wildman–Crippen MR) is 90.9 cm³/mol. The first kappa shape index (κ1) is 18.3. The van der Waals surface area contributed by atoms with Gasteiger partial charge in [-0.1, -0.05) is 24.3 Å². The van der Waals surface area contributed by atoms with E-state index in [1.807, 2.05) is 24.3 Å². The number of ether oxygens (including phenoxy) is 2. The van der Waals surface area contributed by atoms with Crippen LogP contribution in [0.15, 0.2) is 48.5 Å². The summed E-state index contributed by atoms with van der Waals surface area (Å²) in [5, 5.41) is 17.4. The van der Waals surface area contributed by atoms with Crippen molar-refractivity contribution >= 4 is 11.9 Å². The van der Waals surface area contributed by atoms with Gasteiger partial charge in [0.25, 0.3) is 0 Å². The van der Waals surface area contributed by atoms with Crippen molar-refractivity contribution < 1.29 is 29.3 Å². The summed E-state index contributed by atoms with van der Waals surface area (Å²) in [6, 6.07) is 14.4. The first-order chi connectivity index (χ1) is 12.0. The Hall–Kier alpha value is -3.02. The van der Waals surface area contributed by atoms with E-state index < -0.39 is 11.9 Å². The van der Waals surface area contributed by atoms with Crippen LogP contribution in [0.1, 0.15) is 24.0 Å². The molecule has 0 fully saturated rings. The van der Waals surface area contributed by atoms with Crippen LogP contribution in [0.25, 0.3) is 0 Å². The van der Waals surface area contributed by atoms with Crippen molar-refractivity contribution in [2.24, 2.45) is 0 Å². The van der Waals surface area contributed by atoms with Crippen LogP contribution in [0, 0.1) is 0 Å². The van der Waals surface area contributed by atoms with Gasteiger partial charge in [-0.25, -0.2) is 0 Å². The van der Waals surface area contributed by atoms with Gasteiger partial charge in [0.05, 0.1) is 0 Å².